The number of fused-ring (bicyclic) bond motifs is 11. The number of para-hydroxylation sites is 4. The molecule has 3 aliphatic heterocycles. The van der Waals surface area contributed by atoms with Crippen LogP contribution in [0.3, 0.4) is 0 Å². The van der Waals surface area contributed by atoms with E-state index in [1.807, 2.05) is 0 Å². The minimum atomic E-state index is -0.224. The van der Waals surface area contributed by atoms with Crippen LogP contribution in [0, 0.1) is 0 Å². The first-order valence-electron chi connectivity index (χ1n) is 30.9. The molecule has 7 aromatic carbocycles. The monoisotopic (exact) mass is 1080 g/mol. The van der Waals surface area contributed by atoms with E-state index in [1.54, 1.807) is 0 Å². The highest BCUT2D eigenvalue weighted by atomic mass is 16.5. The quantitative estimate of drug-likeness (QED) is 0.165. The number of benzene rings is 7. The molecule has 0 atom stereocenters. The van der Waals surface area contributed by atoms with Crippen molar-refractivity contribution in [3.05, 3.63) is 166 Å². The van der Waals surface area contributed by atoms with Gasteiger partial charge >= 0.3 is 0 Å². The van der Waals surface area contributed by atoms with Gasteiger partial charge < -0.3 is 23.9 Å². The van der Waals surface area contributed by atoms with Crippen molar-refractivity contribution in [3.8, 4) is 11.5 Å². The lowest BCUT2D eigenvalue weighted by molar-refractivity contribution is 0.332. The summed E-state index contributed by atoms with van der Waals surface area (Å²) in [5.74, 6) is 1.68. The molecule has 0 bridgehead atoms. The standard InChI is InChI=1S/C76H86BN3O2/c1-69(2,3)45-35-46(70(4,5)6)37-48(36-45)79-60-43-55-54(74(13,14)32-33-75(55,15)16)42-57(60)77-66-61(79)39-49(78-58-23-19-21-25-63(58)81-64-26-22-20-24-59(64)78)40-62(66)80(47-27-28-51-52(38-47)72(9,10)30-29-71(51,7)8)67-50-41-53-56(44-65(50)82-68(67)77)76(17,18)34-31-73(53,11)12/h19-28,35-44H,29-34H2,1-18H3. The second kappa shape index (κ2) is 17.0. The second-order valence-corrected chi connectivity index (χ2v) is 31.8. The van der Waals surface area contributed by atoms with Crippen LogP contribution in [0.1, 0.15) is 208 Å². The van der Waals surface area contributed by atoms with Crippen LogP contribution in [-0.4, -0.2) is 6.71 Å². The van der Waals surface area contributed by atoms with E-state index in [0.29, 0.717) is 0 Å². The van der Waals surface area contributed by atoms with Crippen LogP contribution in [0.5, 0.6) is 11.5 Å². The Morgan fingerprint density at radius 3 is 1.37 bits per heavy atom. The van der Waals surface area contributed by atoms with Crippen LogP contribution in [0.25, 0.3) is 11.0 Å². The molecule has 5 nitrogen and oxygen atoms in total. The molecule has 0 saturated heterocycles. The molecule has 0 N–H and O–H groups in total. The van der Waals surface area contributed by atoms with Gasteiger partial charge in [0.15, 0.2) is 11.5 Å². The van der Waals surface area contributed by atoms with Crippen molar-refractivity contribution in [2.75, 3.05) is 14.7 Å². The molecule has 3 aliphatic carbocycles. The van der Waals surface area contributed by atoms with Gasteiger partial charge in [-0.15, -0.1) is 0 Å². The van der Waals surface area contributed by atoms with Crippen molar-refractivity contribution in [1.82, 2.24) is 0 Å². The molecule has 420 valence electrons. The number of ether oxygens (including phenoxy) is 1. The normalized spacial score (nSPS) is 19.9. The Labute approximate surface area is 490 Å². The molecule has 0 unspecified atom stereocenters. The summed E-state index contributed by atoms with van der Waals surface area (Å²) in [4.78, 5) is 7.84. The highest BCUT2D eigenvalue weighted by Gasteiger charge is 2.51. The number of furan rings is 1. The van der Waals surface area contributed by atoms with Gasteiger partial charge in [-0.2, -0.15) is 0 Å². The predicted octanol–water partition coefficient (Wildman–Crippen LogP) is 19.7. The fourth-order valence-corrected chi connectivity index (χ4v) is 15.6. The zero-order valence-corrected chi connectivity index (χ0v) is 52.5. The number of anilines is 9. The largest absolute Gasteiger partial charge is 0.468 e. The molecule has 0 spiro atoms. The topological polar surface area (TPSA) is 32.1 Å². The molecule has 0 radical (unpaired) electrons. The summed E-state index contributed by atoms with van der Waals surface area (Å²) < 4.78 is 14.7. The molecule has 6 heteroatoms. The number of hydrogen-bond acceptors (Lipinski definition) is 5. The molecule has 0 amide bonds. The second-order valence-electron chi connectivity index (χ2n) is 31.8. The van der Waals surface area contributed by atoms with E-state index in [-0.39, 0.29) is 50.0 Å². The van der Waals surface area contributed by atoms with Crippen LogP contribution >= 0.6 is 0 Å². The summed E-state index contributed by atoms with van der Waals surface area (Å²) in [5.41, 5.74) is 25.8. The van der Waals surface area contributed by atoms with Crippen LogP contribution < -0.4 is 36.0 Å². The van der Waals surface area contributed by atoms with Crippen molar-refractivity contribution >= 4 is 85.5 Å². The lowest BCUT2D eigenvalue weighted by Crippen LogP contribution is -2.61. The smallest absolute Gasteiger partial charge is 0.297 e. The Morgan fingerprint density at radius 2 is 0.829 bits per heavy atom. The summed E-state index contributed by atoms with van der Waals surface area (Å²) in [6.45, 7) is 43.6. The molecular weight excluding hydrogens is 998 g/mol. The SMILES string of the molecule is CC(C)(C)c1cc(N2c3cc4c(cc3B3c5oc6cc7c(cc6c5N(c5ccc6c(c5)C(C)(C)CCC6(C)C)c5cc(N6c8ccccc8Oc8ccccc86)cc2c53)C(C)(C)CCC7(C)C)C(C)(C)CCC4(C)C)cc(C(C)(C)C)c1. The van der Waals surface area contributed by atoms with Crippen molar-refractivity contribution in [1.29, 1.82) is 0 Å². The van der Waals surface area contributed by atoms with E-state index in [9.17, 15) is 0 Å². The minimum absolute atomic E-state index is 0.00156. The van der Waals surface area contributed by atoms with Crippen LogP contribution in [0.15, 0.2) is 126 Å². The van der Waals surface area contributed by atoms with E-state index >= 15 is 0 Å². The Kier molecular flexibility index (Phi) is 11.1. The Morgan fingerprint density at radius 1 is 0.390 bits per heavy atom. The number of rotatable bonds is 3. The zero-order chi connectivity index (χ0) is 58.0. The van der Waals surface area contributed by atoms with Gasteiger partial charge in [0.25, 0.3) is 6.71 Å². The molecule has 6 aliphatic rings. The van der Waals surface area contributed by atoms with E-state index in [2.05, 4.69) is 261 Å². The van der Waals surface area contributed by atoms with Crippen molar-refractivity contribution in [3.63, 3.8) is 0 Å². The third-order valence-corrected chi connectivity index (χ3v) is 21.3. The van der Waals surface area contributed by atoms with Gasteiger partial charge in [0.1, 0.15) is 5.58 Å². The first-order chi connectivity index (χ1) is 38.3. The molecular formula is C76H86BN3O2. The first-order valence-corrected chi connectivity index (χ1v) is 30.9. The van der Waals surface area contributed by atoms with Gasteiger partial charge in [0.05, 0.1) is 28.4 Å². The van der Waals surface area contributed by atoms with Crippen molar-refractivity contribution < 1.29 is 9.15 Å². The number of nitrogens with zero attached hydrogens (tertiary/aromatic N) is 3. The lowest BCUT2D eigenvalue weighted by Gasteiger charge is -2.47. The van der Waals surface area contributed by atoms with Gasteiger partial charge in [0.2, 0.25) is 0 Å². The maximum absolute atomic E-state index is 7.92. The molecule has 0 saturated carbocycles. The minimum Gasteiger partial charge on any atom is -0.468 e. The maximum Gasteiger partial charge on any atom is 0.297 e. The van der Waals surface area contributed by atoms with Gasteiger partial charge in [-0.3, -0.25) is 0 Å². The molecule has 0 fully saturated rings. The van der Waals surface area contributed by atoms with Gasteiger partial charge in [0, 0.05) is 33.8 Å². The van der Waals surface area contributed by atoms with Crippen molar-refractivity contribution in [2.24, 2.45) is 0 Å². The fourth-order valence-electron chi connectivity index (χ4n) is 15.6. The summed E-state index contributed by atoms with van der Waals surface area (Å²) in [7, 11) is 0. The molecule has 4 heterocycles. The summed E-state index contributed by atoms with van der Waals surface area (Å²) in [6, 6.07) is 47.6. The van der Waals surface area contributed by atoms with Gasteiger partial charge in [-0.25, -0.2) is 0 Å². The zero-order valence-electron chi connectivity index (χ0n) is 52.5. The summed E-state index contributed by atoms with van der Waals surface area (Å²) >= 11 is 0. The highest BCUT2D eigenvalue weighted by molar-refractivity contribution is 7.00. The molecule has 82 heavy (non-hydrogen) atoms. The summed E-state index contributed by atoms with van der Waals surface area (Å²) in [5, 5.41) is 1.19. The van der Waals surface area contributed by atoms with E-state index in [1.165, 1.54) is 89.3 Å². The lowest BCUT2D eigenvalue weighted by atomic mass is 9.35. The average molecular weight is 1080 g/mol. The Balaban J connectivity index is 1.18. The molecule has 8 aromatic rings. The molecule has 14 rings (SSSR count). The van der Waals surface area contributed by atoms with Crippen molar-refractivity contribution in [2.45, 2.75) is 206 Å². The fraction of sp³-hybridized carbons (Fsp3) is 0.421. The average Bonchev–Trinajstić information content (AvgIpc) is 1.35. The Bertz CT molecular complexity index is 3960. The van der Waals surface area contributed by atoms with E-state index in [0.717, 1.165) is 84.0 Å². The van der Waals surface area contributed by atoms with E-state index < -0.39 is 0 Å². The third kappa shape index (κ3) is 7.84. The Hall–Kier alpha value is -6.66. The number of hydrogen-bond donors (Lipinski definition) is 0. The van der Waals surface area contributed by atoms with Gasteiger partial charge in [-0.1, -0.05) is 167 Å². The van der Waals surface area contributed by atoms with Crippen LogP contribution in [0.2, 0.25) is 0 Å². The summed E-state index contributed by atoms with van der Waals surface area (Å²) in [6.07, 6.45) is 6.80. The predicted molar refractivity (Wildman–Crippen MR) is 348 cm³/mol. The van der Waals surface area contributed by atoms with Crippen LogP contribution in [-0.2, 0) is 43.3 Å². The highest BCUT2D eigenvalue weighted by Crippen LogP contribution is 2.58. The maximum atomic E-state index is 7.92. The van der Waals surface area contributed by atoms with Gasteiger partial charge in [-0.05, 0) is 216 Å². The first kappa shape index (κ1) is 53.4. The third-order valence-electron chi connectivity index (χ3n) is 21.3. The van der Waals surface area contributed by atoms with Crippen LogP contribution in [0.4, 0.5) is 51.2 Å². The van der Waals surface area contributed by atoms with E-state index in [4.69, 9.17) is 9.15 Å². The molecule has 1 aromatic heterocycles.